The highest BCUT2D eigenvalue weighted by molar-refractivity contribution is 9.72. The van der Waals surface area contributed by atoms with Gasteiger partial charge in [0.05, 0.1) is 12.7 Å². The van der Waals surface area contributed by atoms with E-state index in [4.69, 9.17) is 9.47 Å². The van der Waals surface area contributed by atoms with Crippen molar-refractivity contribution < 1.29 is 9.47 Å². The van der Waals surface area contributed by atoms with Crippen LogP contribution in [-0.4, -0.2) is 23.2 Å². The molecule has 0 amide bonds. The summed E-state index contributed by atoms with van der Waals surface area (Å²) in [6, 6.07) is 9.89. The van der Waals surface area contributed by atoms with Gasteiger partial charge in [-0.2, -0.15) is 0 Å². The summed E-state index contributed by atoms with van der Waals surface area (Å²) in [7, 11) is 0. The molecule has 1 aromatic carbocycles. The molecular weight excluding hydrogens is 528 g/mol. The lowest BCUT2D eigenvalue weighted by molar-refractivity contribution is 0.0251. The molecule has 1 saturated carbocycles. The largest absolute Gasteiger partial charge is 0.494 e. The lowest BCUT2D eigenvalue weighted by Crippen LogP contribution is -2.21. The second-order valence-electron chi connectivity index (χ2n) is 6.83. The van der Waals surface area contributed by atoms with Crippen LogP contribution in [0.4, 0.5) is 0 Å². The molecule has 6 heteroatoms. The summed E-state index contributed by atoms with van der Waals surface area (Å²) in [6.07, 6.45) is 8.67. The first-order valence-corrected chi connectivity index (χ1v) is 18.4. The standard InChI is InChI=1S/C19H29Br3O2Si/c1-2-3-13-23-18-9-5-16(6-10-18)17-7-11-19(12-8-17)24-14-4-15-25(20,21)22/h5-6,9-10,17,19H,2-4,7-8,11-15H2,1H3. The van der Waals surface area contributed by atoms with Gasteiger partial charge in [0.2, 0.25) is 0 Å². The summed E-state index contributed by atoms with van der Waals surface area (Å²) < 4.78 is 10.4. The molecule has 0 spiro atoms. The smallest absolute Gasteiger partial charge is 0.267 e. The highest BCUT2D eigenvalue weighted by atomic mass is 80.0. The van der Waals surface area contributed by atoms with Crippen molar-refractivity contribution in [3.05, 3.63) is 29.8 Å². The predicted molar refractivity (Wildman–Crippen MR) is 120 cm³/mol. The minimum absolute atomic E-state index is 0.449. The molecule has 2 rings (SSSR count). The molecule has 0 N–H and O–H groups in total. The molecule has 0 bridgehead atoms. The maximum absolute atomic E-state index is 6.08. The zero-order valence-electron chi connectivity index (χ0n) is 15.0. The predicted octanol–water partition coefficient (Wildman–Crippen LogP) is 7.42. The Balaban J connectivity index is 1.67. The molecule has 1 aromatic rings. The van der Waals surface area contributed by atoms with E-state index in [1.807, 2.05) is 0 Å². The number of halogens is 3. The molecule has 0 radical (unpaired) electrons. The summed E-state index contributed by atoms with van der Waals surface area (Å²) in [4.78, 5) is 0. The third kappa shape index (κ3) is 8.91. The first-order chi connectivity index (χ1) is 12.0. The summed E-state index contributed by atoms with van der Waals surface area (Å²) in [5.41, 5.74) is 1.45. The zero-order chi connectivity index (χ0) is 18.1. The number of unbranched alkanes of at least 4 members (excludes halogenated alkanes) is 1. The number of hydrogen-bond acceptors (Lipinski definition) is 2. The van der Waals surface area contributed by atoms with Gasteiger partial charge in [-0.3, -0.25) is 0 Å². The van der Waals surface area contributed by atoms with Crippen molar-refractivity contribution in [2.75, 3.05) is 13.2 Å². The van der Waals surface area contributed by atoms with E-state index in [2.05, 4.69) is 77.1 Å². The minimum atomic E-state index is -1.47. The average Bonchev–Trinajstić information content (AvgIpc) is 2.59. The van der Waals surface area contributed by atoms with Gasteiger partial charge in [0, 0.05) is 6.61 Å². The molecule has 0 atom stereocenters. The summed E-state index contributed by atoms with van der Waals surface area (Å²) >= 11 is 11.0. The fourth-order valence-corrected chi connectivity index (χ4v) is 6.32. The molecule has 0 aromatic heterocycles. The van der Waals surface area contributed by atoms with Crippen molar-refractivity contribution in [2.45, 2.75) is 69.9 Å². The van der Waals surface area contributed by atoms with Crippen molar-refractivity contribution in [1.82, 2.24) is 0 Å². The molecule has 2 nitrogen and oxygen atoms in total. The second-order valence-corrected chi connectivity index (χ2v) is 30.3. The van der Waals surface area contributed by atoms with Crippen LogP contribution >= 0.6 is 45.9 Å². The van der Waals surface area contributed by atoms with E-state index in [0.717, 1.165) is 37.8 Å². The van der Waals surface area contributed by atoms with E-state index in [-0.39, 0.29) is 0 Å². The molecular formula is C19H29Br3O2Si. The van der Waals surface area contributed by atoms with Gasteiger partial charge in [0.1, 0.15) is 5.75 Å². The lowest BCUT2D eigenvalue weighted by Gasteiger charge is -2.29. The Bertz CT molecular complexity index is 482. The van der Waals surface area contributed by atoms with Crippen LogP contribution in [0.1, 0.15) is 63.4 Å². The molecule has 0 unspecified atom stereocenters. The van der Waals surface area contributed by atoms with Gasteiger partial charge in [-0.05, 0) is 68.2 Å². The Hall–Kier alpha value is 0.637. The van der Waals surface area contributed by atoms with Crippen molar-refractivity contribution in [3.8, 4) is 5.75 Å². The van der Waals surface area contributed by atoms with E-state index in [1.165, 1.54) is 37.7 Å². The monoisotopic (exact) mass is 554 g/mol. The van der Waals surface area contributed by atoms with Gasteiger partial charge in [0.15, 0.2) is 0 Å². The van der Waals surface area contributed by atoms with Crippen LogP contribution in [0.3, 0.4) is 0 Å². The number of hydrogen-bond donors (Lipinski definition) is 0. The molecule has 1 aliphatic carbocycles. The van der Waals surface area contributed by atoms with Crippen LogP contribution in [0.5, 0.6) is 5.75 Å². The van der Waals surface area contributed by atoms with Crippen molar-refractivity contribution in [2.24, 2.45) is 0 Å². The molecule has 1 fully saturated rings. The summed E-state index contributed by atoms with van der Waals surface area (Å²) in [5, 5.41) is 0. The normalized spacial score (nSPS) is 21.3. The first kappa shape index (κ1) is 21.9. The van der Waals surface area contributed by atoms with Crippen LogP contribution in [-0.2, 0) is 4.74 Å². The Morgan fingerprint density at radius 2 is 1.64 bits per heavy atom. The topological polar surface area (TPSA) is 18.5 Å². The lowest BCUT2D eigenvalue weighted by atomic mass is 9.83. The van der Waals surface area contributed by atoms with E-state index in [1.54, 1.807) is 0 Å². The number of rotatable bonds is 10. The summed E-state index contributed by atoms with van der Waals surface area (Å²) in [6.45, 7) is 3.88. The van der Waals surface area contributed by atoms with Gasteiger partial charge in [-0.15, -0.1) is 0 Å². The van der Waals surface area contributed by atoms with Gasteiger partial charge in [0.25, 0.3) is 3.93 Å². The SMILES string of the molecule is CCCCOc1ccc(C2CCC(OCCC[Si](Br)(Br)Br)CC2)cc1. The Morgan fingerprint density at radius 1 is 0.960 bits per heavy atom. The maximum Gasteiger partial charge on any atom is 0.267 e. The Labute approximate surface area is 177 Å². The van der Waals surface area contributed by atoms with Crippen LogP contribution in [0.2, 0.25) is 6.04 Å². The van der Waals surface area contributed by atoms with Gasteiger partial charge >= 0.3 is 0 Å². The highest BCUT2D eigenvalue weighted by Gasteiger charge is 2.24. The van der Waals surface area contributed by atoms with E-state index >= 15 is 0 Å². The third-order valence-electron chi connectivity index (χ3n) is 4.75. The Kier molecular flexibility index (Phi) is 10.1. The molecule has 25 heavy (non-hydrogen) atoms. The van der Waals surface area contributed by atoms with E-state index in [9.17, 15) is 0 Å². The average molecular weight is 557 g/mol. The highest BCUT2D eigenvalue weighted by Crippen LogP contribution is 2.36. The number of ether oxygens (including phenoxy) is 2. The van der Waals surface area contributed by atoms with Crippen molar-refractivity contribution >= 4 is 49.8 Å². The molecule has 0 aliphatic heterocycles. The van der Waals surface area contributed by atoms with Crippen LogP contribution in [0, 0.1) is 0 Å². The van der Waals surface area contributed by atoms with Gasteiger partial charge in [-0.25, -0.2) is 0 Å². The van der Waals surface area contributed by atoms with Crippen molar-refractivity contribution in [1.29, 1.82) is 0 Å². The van der Waals surface area contributed by atoms with Crippen LogP contribution < -0.4 is 4.74 Å². The number of benzene rings is 1. The van der Waals surface area contributed by atoms with Crippen LogP contribution in [0.15, 0.2) is 24.3 Å². The van der Waals surface area contributed by atoms with Gasteiger partial charge < -0.3 is 9.47 Å². The van der Waals surface area contributed by atoms with Gasteiger partial charge in [-0.1, -0.05) is 71.4 Å². The Morgan fingerprint density at radius 3 is 2.24 bits per heavy atom. The van der Waals surface area contributed by atoms with E-state index < -0.39 is 3.93 Å². The first-order valence-electron chi connectivity index (χ1n) is 9.39. The molecule has 0 saturated heterocycles. The molecule has 1 aliphatic rings. The second kappa shape index (κ2) is 11.5. The third-order valence-corrected chi connectivity index (χ3v) is 9.24. The quantitative estimate of drug-likeness (QED) is 0.169. The fraction of sp³-hybridized carbons (Fsp3) is 0.684. The maximum atomic E-state index is 6.08. The summed E-state index contributed by atoms with van der Waals surface area (Å²) in [5.74, 6) is 1.68. The van der Waals surface area contributed by atoms with Crippen molar-refractivity contribution in [3.63, 3.8) is 0 Å². The molecule has 142 valence electrons. The minimum Gasteiger partial charge on any atom is -0.494 e. The van der Waals surface area contributed by atoms with E-state index in [0.29, 0.717) is 12.0 Å². The molecule has 0 heterocycles. The zero-order valence-corrected chi connectivity index (χ0v) is 20.7. The fourth-order valence-electron chi connectivity index (χ4n) is 3.26. The van der Waals surface area contributed by atoms with Crippen LogP contribution in [0.25, 0.3) is 0 Å².